The van der Waals surface area contributed by atoms with Gasteiger partial charge < -0.3 is 4.90 Å². The lowest BCUT2D eigenvalue weighted by Crippen LogP contribution is -2.49. The Morgan fingerprint density at radius 3 is 2.32 bits per heavy atom. The van der Waals surface area contributed by atoms with Gasteiger partial charge in [0.05, 0.1) is 11.3 Å². The Labute approximate surface area is 188 Å². The van der Waals surface area contributed by atoms with Gasteiger partial charge in [0.15, 0.2) is 10.8 Å². The van der Waals surface area contributed by atoms with Gasteiger partial charge in [-0.15, -0.1) is 10.2 Å². The lowest BCUT2D eigenvalue weighted by molar-refractivity contribution is -0.135. The van der Waals surface area contributed by atoms with E-state index in [1.165, 1.54) is 86.9 Å². The van der Waals surface area contributed by atoms with Crippen molar-refractivity contribution in [1.82, 2.24) is 19.5 Å². The van der Waals surface area contributed by atoms with Crippen LogP contribution in [-0.2, 0) is 4.79 Å². The zero-order valence-electron chi connectivity index (χ0n) is 18.4. The molecule has 2 saturated carbocycles. The molecule has 0 radical (unpaired) electrons. The molecule has 2 heterocycles. The van der Waals surface area contributed by atoms with Gasteiger partial charge in [-0.2, -0.15) is 0 Å². The van der Waals surface area contributed by atoms with Crippen molar-refractivity contribution in [3.8, 4) is 0 Å². The minimum atomic E-state index is 0.289. The predicted octanol–water partition coefficient (Wildman–Crippen LogP) is 5.78. The average Bonchev–Trinajstić information content (AvgIpc) is 3.22. The molecule has 2 aliphatic carbocycles. The van der Waals surface area contributed by atoms with Gasteiger partial charge in [-0.3, -0.25) is 9.20 Å². The van der Waals surface area contributed by atoms with Crippen LogP contribution in [0.3, 0.4) is 0 Å². The van der Waals surface area contributed by atoms with Crippen LogP contribution in [0.5, 0.6) is 0 Å². The molecule has 164 valence electrons. The molecular formula is C25H32N4OS. The summed E-state index contributed by atoms with van der Waals surface area (Å²) in [6.45, 7) is 2.11. The Balaban J connectivity index is 1.39. The fourth-order valence-electron chi connectivity index (χ4n) is 5.59. The first-order valence-corrected chi connectivity index (χ1v) is 12.9. The zero-order valence-corrected chi connectivity index (χ0v) is 19.2. The van der Waals surface area contributed by atoms with Crippen LogP contribution in [0.4, 0.5) is 0 Å². The third-order valence-electron chi connectivity index (χ3n) is 7.12. The van der Waals surface area contributed by atoms with Gasteiger partial charge in [-0.05, 0) is 50.3 Å². The highest BCUT2D eigenvalue weighted by Crippen LogP contribution is 2.32. The topological polar surface area (TPSA) is 50.5 Å². The van der Waals surface area contributed by atoms with E-state index in [0.29, 0.717) is 17.8 Å². The molecule has 0 atom stereocenters. The second kappa shape index (κ2) is 9.19. The number of aryl methyl sites for hydroxylation is 1. The first-order chi connectivity index (χ1) is 15.2. The zero-order chi connectivity index (χ0) is 21.2. The molecule has 0 spiro atoms. The Morgan fingerprint density at radius 1 is 1.00 bits per heavy atom. The quantitative estimate of drug-likeness (QED) is 0.476. The van der Waals surface area contributed by atoms with Gasteiger partial charge in [0.2, 0.25) is 5.91 Å². The minimum absolute atomic E-state index is 0.289. The largest absolute Gasteiger partial charge is 0.336 e. The number of fused-ring (bicyclic) bond motifs is 3. The fraction of sp³-hybridized carbons (Fsp3) is 0.560. The molecule has 31 heavy (non-hydrogen) atoms. The summed E-state index contributed by atoms with van der Waals surface area (Å²) in [6, 6.07) is 11.3. The first-order valence-electron chi connectivity index (χ1n) is 11.9. The van der Waals surface area contributed by atoms with E-state index < -0.39 is 0 Å². The molecule has 0 saturated heterocycles. The third kappa shape index (κ3) is 4.19. The first kappa shape index (κ1) is 20.8. The lowest BCUT2D eigenvalue weighted by Gasteiger charge is -2.41. The van der Waals surface area contributed by atoms with E-state index in [2.05, 4.69) is 56.8 Å². The Bertz CT molecular complexity index is 1050. The molecule has 3 aromatic rings. The van der Waals surface area contributed by atoms with E-state index in [0.717, 1.165) is 16.3 Å². The Morgan fingerprint density at radius 2 is 1.65 bits per heavy atom. The van der Waals surface area contributed by atoms with E-state index in [-0.39, 0.29) is 5.91 Å². The van der Waals surface area contributed by atoms with Crippen molar-refractivity contribution < 1.29 is 4.79 Å². The van der Waals surface area contributed by atoms with Crippen LogP contribution >= 0.6 is 11.8 Å². The number of pyridine rings is 1. The number of carbonyl (C=O) groups excluding carboxylic acids is 1. The molecule has 2 aliphatic rings. The molecule has 0 aliphatic heterocycles. The molecule has 2 aromatic heterocycles. The molecule has 0 bridgehead atoms. The SMILES string of the molecule is Cc1cc2nnc(SCC(=O)N(C3CCCCC3)C3CCCCC3)n2c2ccccc12. The molecule has 6 heteroatoms. The maximum absolute atomic E-state index is 13.5. The number of carbonyl (C=O) groups is 1. The maximum atomic E-state index is 13.5. The van der Waals surface area contributed by atoms with Crippen molar-refractivity contribution in [2.24, 2.45) is 0 Å². The molecule has 5 rings (SSSR count). The van der Waals surface area contributed by atoms with E-state index in [9.17, 15) is 4.79 Å². The smallest absolute Gasteiger partial charge is 0.233 e. The van der Waals surface area contributed by atoms with Crippen LogP contribution in [0, 0.1) is 6.92 Å². The second-order valence-electron chi connectivity index (χ2n) is 9.19. The summed E-state index contributed by atoms with van der Waals surface area (Å²) in [5.41, 5.74) is 3.15. The highest BCUT2D eigenvalue weighted by Gasteiger charge is 2.32. The van der Waals surface area contributed by atoms with Crippen molar-refractivity contribution in [3.05, 3.63) is 35.9 Å². The fourth-order valence-corrected chi connectivity index (χ4v) is 6.41. The summed E-state index contributed by atoms with van der Waals surface area (Å²) < 4.78 is 2.10. The number of rotatable bonds is 5. The molecule has 2 fully saturated rings. The van der Waals surface area contributed by atoms with Gasteiger partial charge in [-0.1, -0.05) is 68.5 Å². The summed E-state index contributed by atoms with van der Waals surface area (Å²) in [6.07, 6.45) is 12.4. The van der Waals surface area contributed by atoms with Crippen LogP contribution in [0.25, 0.3) is 16.6 Å². The highest BCUT2D eigenvalue weighted by atomic mass is 32.2. The van der Waals surface area contributed by atoms with Crippen LogP contribution in [-0.4, -0.2) is 43.2 Å². The van der Waals surface area contributed by atoms with Crippen LogP contribution in [0.2, 0.25) is 0 Å². The average molecular weight is 437 g/mol. The molecule has 5 nitrogen and oxygen atoms in total. The van der Waals surface area contributed by atoms with Gasteiger partial charge >= 0.3 is 0 Å². The van der Waals surface area contributed by atoms with Crippen LogP contribution in [0.15, 0.2) is 35.5 Å². The van der Waals surface area contributed by atoms with E-state index in [1.807, 2.05) is 0 Å². The van der Waals surface area contributed by atoms with E-state index >= 15 is 0 Å². The van der Waals surface area contributed by atoms with Gasteiger partial charge in [0.25, 0.3) is 0 Å². The number of aromatic nitrogens is 3. The van der Waals surface area contributed by atoms with Crippen LogP contribution in [0.1, 0.15) is 69.8 Å². The molecule has 1 aromatic carbocycles. The van der Waals surface area contributed by atoms with Crippen molar-refractivity contribution in [2.75, 3.05) is 5.75 Å². The third-order valence-corrected chi connectivity index (χ3v) is 8.04. The normalized spacial score (nSPS) is 18.6. The van der Waals surface area contributed by atoms with Gasteiger partial charge in [-0.25, -0.2) is 0 Å². The molecule has 1 amide bonds. The number of benzene rings is 1. The Hall–Kier alpha value is -2.08. The number of hydrogen-bond acceptors (Lipinski definition) is 4. The number of nitrogens with zero attached hydrogens (tertiary/aromatic N) is 4. The van der Waals surface area contributed by atoms with Crippen LogP contribution < -0.4 is 0 Å². The standard InChI is InChI=1S/C25H32N4OS/c1-18-16-23-26-27-25(29(23)22-15-9-8-14-21(18)22)31-17-24(30)28(19-10-4-2-5-11-19)20-12-6-3-7-13-20/h8-9,14-16,19-20H,2-7,10-13,17H2,1H3. The molecular weight excluding hydrogens is 404 g/mol. The lowest BCUT2D eigenvalue weighted by atomic mass is 9.88. The number of amides is 1. The number of hydrogen-bond donors (Lipinski definition) is 0. The second-order valence-corrected chi connectivity index (χ2v) is 10.1. The van der Waals surface area contributed by atoms with Crippen molar-refractivity contribution in [1.29, 1.82) is 0 Å². The van der Waals surface area contributed by atoms with Crippen molar-refractivity contribution >= 4 is 34.2 Å². The summed E-state index contributed by atoms with van der Waals surface area (Å²) in [5, 5.41) is 10.9. The van der Waals surface area contributed by atoms with E-state index in [4.69, 9.17) is 0 Å². The number of thioether (sulfide) groups is 1. The summed E-state index contributed by atoms with van der Waals surface area (Å²) in [5.74, 6) is 0.729. The summed E-state index contributed by atoms with van der Waals surface area (Å²) in [7, 11) is 0. The molecule has 0 N–H and O–H groups in total. The Kier molecular flexibility index (Phi) is 6.17. The minimum Gasteiger partial charge on any atom is -0.336 e. The highest BCUT2D eigenvalue weighted by molar-refractivity contribution is 7.99. The predicted molar refractivity (Wildman–Crippen MR) is 127 cm³/mol. The van der Waals surface area contributed by atoms with Crippen molar-refractivity contribution in [2.45, 2.75) is 88.4 Å². The summed E-state index contributed by atoms with van der Waals surface area (Å²) in [4.78, 5) is 15.8. The summed E-state index contributed by atoms with van der Waals surface area (Å²) >= 11 is 1.54. The van der Waals surface area contributed by atoms with E-state index in [1.54, 1.807) is 0 Å². The van der Waals surface area contributed by atoms with Gasteiger partial charge in [0.1, 0.15) is 0 Å². The van der Waals surface area contributed by atoms with Crippen molar-refractivity contribution in [3.63, 3.8) is 0 Å². The monoisotopic (exact) mass is 436 g/mol. The molecule has 0 unspecified atom stereocenters. The van der Waals surface area contributed by atoms with Gasteiger partial charge in [0, 0.05) is 17.5 Å². The number of para-hydroxylation sites is 1. The maximum Gasteiger partial charge on any atom is 0.233 e.